The highest BCUT2D eigenvalue weighted by Gasteiger charge is 2.30. The lowest BCUT2D eigenvalue weighted by Crippen LogP contribution is -2.30. The Labute approximate surface area is 530 Å². The topological polar surface area (TPSA) is 237 Å². The van der Waals surface area contributed by atoms with E-state index in [0.717, 1.165) is 109 Å². The van der Waals surface area contributed by atoms with Gasteiger partial charge in [0.05, 0.1) is 26.4 Å². The van der Waals surface area contributed by atoms with Crippen molar-refractivity contribution >= 4 is 39.5 Å². The average molecular weight is 1280 g/mol. The van der Waals surface area contributed by atoms with Crippen molar-refractivity contribution in [2.24, 2.45) is 23.7 Å². The van der Waals surface area contributed by atoms with Gasteiger partial charge in [0, 0.05) is 25.7 Å². The summed E-state index contributed by atoms with van der Waals surface area (Å²) < 4.78 is 68.1. The number of carbonyl (C=O) groups is 4. The standard InChI is InChI=1S/C68H132O17P2/c1-58(2)44-36-28-20-15-13-11-9-10-12-14-16-24-34-42-50-67(72)84-63(54-78-65(70)48-40-32-25-17-21-29-37-45-59(3)4)56-82-86(74,75)80-52-62(69)53-81-87(76,77)83-57-64(85-68(73)51-43-35-27-19-23-31-39-47-61(7)8)55-79-66(71)49-41-33-26-18-22-30-38-46-60(5)6/h58-64,69H,9-57H2,1-8H3,(H,74,75)(H,76,77)/t62?,63-,64-/m1/s1. The summed E-state index contributed by atoms with van der Waals surface area (Å²) in [6, 6.07) is 0. The van der Waals surface area contributed by atoms with Crippen LogP contribution in [0.1, 0.15) is 331 Å². The third-order valence-corrected chi connectivity index (χ3v) is 17.5. The van der Waals surface area contributed by atoms with Crippen LogP contribution in [0, 0.1) is 23.7 Å². The van der Waals surface area contributed by atoms with E-state index in [-0.39, 0.29) is 25.7 Å². The Balaban J connectivity index is 5.22. The molecule has 0 aliphatic carbocycles. The van der Waals surface area contributed by atoms with E-state index in [9.17, 15) is 43.2 Å². The summed E-state index contributed by atoms with van der Waals surface area (Å²) in [6.07, 6.45) is 39.2. The third kappa shape index (κ3) is 62.6. The van der Waals surface area contributed by atoms with Crippen molar-refractivity contribution in [3.8, 4) is 0 Å². The number of phosphoric acid groups is 2. The van der Waals surface area contributed by atoms with Gasteiger partial charge in [0.1, 0.15) is 19.3 Å². The van der Waals surface area contributed by atoms with Gasteiger partial charge in [-0.3, -0.25) is 37.3 Å². The normalized spacial score (nSPS) is 14.3. The number of aliphatic hydroxyl groups excluding tert-OH is 1. The van der Waals surface area contributed by atoms with E-state index in [2.05, 4.69) is 55.4 Å². The molecule has 0 radical (unpaired) electrons. The minimum Gasteiger partial charge on any atom is -0.462 e. The summed E-state index contributed by atoms with van der Waals surface area (Å²) in [5, 5.41) is 10.6. The van der Waals surface area contributed by atoms with Gasteiger partial charge in [0.25, 0.3) is 0 Å². The Morgan fingerprint density at radius 3 is 0.713 bits per heavy atom. The van der Waals surface area contributed by atoms with Crippen molar-refractivity contribution in [3.63, 3.8) is 0 Å². The number of carbonyl (C=O) groups excluding carboxylic acids is 4. The summed E-state index contributed by atoms with van der Waals surface area (Å²) >= 11 is 0. The van der Waals surface area contributed by atoms with Crippen LogP contribution in [0.4, 0.5) is 0 Å². The predicted octanol–water partition coefficient (Wildman–Crippen LogP) is 18.9. The monoisotopic (exact) mass is 1280 g/mol. The maximum atomic E-state index is 13.0. The molecule has 0 bridgehead atoms. The van der Waals surface area contributed by atoms with E-state index in [0.29, 0.717) is 43.4 Å². The molecule has 0 saturated heterocycles. The molecule has 0 fully saturated rings. The number of rotatable bonds is 65. The number of unbranched alkanes of at least 4 members (excludes halogenated alkanes) is 31. The van der Waals surface area contributed by atoms with Crippen LogP contribution < -0.4 is 0 Å². The molecule has 0 saturated carbocycles. The second-order valence-electron chi connectivity index (χ2n) is 26.5. The molecule has 19 heteroatoms. The SMILES string of the molecule is CC(C)CCCCCCCCCCCCCCCCC(=O)O[C@H](COC(=O)CCCCCCCCCC(C)C)COP(=O)(O)OCC(O)COP(=O)(O)OC[C@@H](COC(=O)CCCCCCCCCC(C)C)OC(=O)CCCCCCCCCC(C)C. The zero-order valence-electron chi connectivity index (χ0n) is 56.6. The predicted molar refractivity (Wildman–Crippen MR) is 349 cm³/mol. The van der Waals surface area contributed by atoms with Gasteiger partial charge in [-0.15, -0.1) is 0 Å². The van der Waals surface area contributed by atoms with E-state index >= 15 is 0 Å². The van der Waals surface area contributed by atoms with Crippen molar-refractivity contribution in [1.29, 1.82) is 0 Å². The molecule has 0 aromatic carbocycles. The molecule has 516 valence electrons. The third-order valence-electron chi connectivity index (χ3n) is 15.6. The minimum absolute atomic E-state index is 0.102. The van der Waals surface area contributed by atoms with Crippen molar-refractivity contribution in [2.45, 2.75) is 350 Å². The first-order valence-corrected chi connectivity index (χ1v) is 38.2. The molecule has 0 amide bonds. The quantitative estimate of drug-likeness (QED) is 0.0222. The van der Waals surface area contributed by atoms with Crippen LogP contribution in [0.15, 0.2) is 0 Å². The first-order valence-electron chi connectivity index (χ1n) is 35.2. The molecule has 0 aliphatic rings. The van der Waals surface area contributed by atoms with Crippen molar-refractivity contribution < 1.29 is 80.2 Å². The van der Waals surface area contributed by atoms with Crippen molar-refractivity contribution in [2.75, 3.05) is 39.6 Å². The number of hydrogen-bond donors (Lipinski definition) is 3. The van der Waals surface area contributed by atoms with E-state index in [1.807, 2.05) is 0 Å². The van der Waals surface area contributed by atoms with Gasteiger partial charge in [-0.2, -0.15) is 0 Å². The maximum absolute atomic E-state index is 13.0. The van der Waals surface area contributed by atoms with Gasteiger partial charge in [-0.05, 0) is 49.4 Å². The number of esters is 4. The number of aliphatic hydroxyl groups is 1. The molecule has 0 aliphatic heterocycles. The molecule has 17 nitrogen and oxygen atoms in total. The average Bonchev–Trinajstić information content (AvgIpc) is 3.54. The summed E-state index contributed by atoms with van der Waals surface area (Å²) in [5.41, 5.74) is 0. The summed E-state index contributed by atoms with van der Waals surface area (Å²) in [6.45, 7) is 14.0. The van der Waals surface area contributed by atoms with E-state index in [1.54, 1.807) is 0 Å². The largest absolute Gasteiger partial charge is 0.472 e. The summed E-state index contributed by atoms with van der Waals surface area (Å²) in [4.78, 5) is 72.4. The highest BCUT2D eigenvalue weighted by atomic mass is 31.2. The lowest BCUT2D eigenvalue weighted by molar-refractivity contribution is -0.161. The number of phosphoric ester groups is 2. The molecule has 0 heterocycles. The van der Waals surface area contributed by atoms with Crippen LogP contribution in [0.5, 0.6) is 0 Å². The molecular formula is C68H132O17P2. The van der Waals surface area contributed by atoms with Gasteiger partial charge < -0.3 is 33.8 Å². The van der Waals surface area contributed by atoms with Crippen LogP contribution >= 0.6 is 15.6 Å². The number of hydrogen-bond acceptors (Lipinski definition) is 15. The summed E-state index contributed by atoms with van der Waals surface area (Å²) in [7, 11) is -9.90. The molecule has 0 aromatic rings. The molecule has 0 rings (SSSR count). The summed E-state index contributed by atoms with van der Waals surface area (Å²) in [5.74, 6) is 0.765. The van der Waals surface area contributed by atoms with Crippen LogP contribution in [-0.2, 0) is 65.4 Å². The van der Waals surface area contributed by atoms with Gasteiger partial charge in [-0.1, -0.05) is 280 Å². The maximum Gasteiger partial charge on any atom is 0.472 e. The van der Waals surface area contributed by atoms with Gasteiger partial charge >= 0.3 is 39.5 Å². The fraction of sp³-hybridized carbons (Fsp3) is 0.941. The van der Waals surface area contributed by atoms with Crippen molar-refractivity contribution in [3.05, 3.63) is 0 Å². The molecule has 3 N–H and O–H groups in total. The lowest BCUT2D eigenvalue weighted by atomic mass is 10.0. The molecule has 87 heavy (non-hydrogen) atoms. The van der Waals surface area contributed by atoms with E-state index in [1.165, 1.54) is 122 Å². The Morgan fingerprint density at radius 1 is 0.287 bits per heavy atom. The molecular weight excluding hydrogens is 1150 g/mol. The smallest absolute Gasteiger partial charge is 0.462 e. The van der Waals surface area contributed by atoms with Crippen LogP contribution in [0.3, 0.4) is 0 Å². The second-order valence-corrected chi connectivity index (χ2v) is 29.4. The molecule has 5 atom stereocenters. The van der Waals surface area contributed by atoms with Crippen LogP contribution in [0.2, 0.25) is 0 Å². The van der Waals surface area contributed by atoms with Gasteiger partial charge in [0.15, 0.2) is 12.2 Å². The highest BCUT2D eigenvalue weighted by molar-refractivity contribution is 7.47. The van der Waals surface area contributed by atoms with Crippen LogP contribution in [-0.4, -0.2) is 96.7 Å². The zero-order valence-corrected chi connectivity index (χ0v) is 58.4. The first-order chi connectivity index (χ1) is 41.6. The molecule has 0 aromatic heterocycles. The fourth-order valence-electron chi connectivity index (χ4n) is 10.1. The lowest BCUT2D eigenvalue weighted by Gasteiger charge is -2.21. The van der Waals surface area contributed by atoms with E-state index < -0.39 is 97.5 Å². The molecule has 3 unspecified atom stereocenters. The Hall–Kier alpha value is -1.94. The van der Waals surface area contributed by atoms with Gasteiger partial charge in [0.2, 0.25) is 0 Å². The first kappa shape index (κ1) is 85.1. The second kappa shape index (κ2) is 57.9. The molecule has 0 spiro atoms. The Morgan fingerprint density at radius 2 is 0.483 bits per heavy atom. The zero-order chi connectivity index (χ0) is 64.7. The van der Waals surface area contributed by atoms with Crippen molar-refractivity contribution in [1.82, 2.24) is 0 Å². The Bertz CT molecular complexity index is 1730. The van der Waals surface area contributed by atoms with Gasteiger partial charge in [-0.25, -0.2) is 9.13 Å². The fourth-order valence-corrected chi connectivity index (χ4v) is 11.7. The van der Waals surface area contributed by atoms with Crippen LogP contribution in [0.25, 0.3) is 0 Å². The minimum atomic E-state index is -4.95. The van der Waals surface area contributed by atoms with E-state index in [4.69, 9.17) is 37.0 Å². The number of ether oxygens (including phenoxy) is 4. The Kier molecular flexibility index (Phi) is 56.6. The highest BCUT2D eigenvalue weighted by Crippen LogP contribution is 2.45.